The molecule has 2 N–H and O–H groups in total. The fraction of sp³-hybridized carbons (Fsp3) is 0.773. The van der Waals surface area contributed by atoms with Crippen LogP contribution >= 0.6 is 22.6 Å². The number of aryl methyl sites for hydroxylation is 1. The lowest BCUT2D eigenvalue weighted by molar-refractivity contribution is -0.148. The number of aromatic nitrogens is 2. The van der Waals surface area contributed by atoms with E-state index >= 15 is 0 Å². The van der Waals surface area contributed by atoms with Crippen LogP contribution in [0.1, 0.15) is 82.4 Å². The SMILES string of the molecule is Cc1cn([C@H]2C[C@H](N=[N+]=N)[C@@H](COC(=O)CCCCCCCCCCCI)O2)c(=O)[nH]c1=O. The largest absolute Gasteiger partial charge is 0.463 e. The first-order valence-corrected chi connectivity index (χ1v) is 13.2. The van der Waals surface area contributed by atoms with Gasteiger partial charge in [0.1, 0.15) is 29.6 Å². The number of alkyl halides is 1. The van der Waals surface area contributed by atoms with Crippen LogP contribution in [-0.2, 0) is 14.3 Å². The number of carbonyl (C=O) groups is 1. The van der Waals surface area contributed by atoms with Crippen LogP contribution in [0.3, 0.4) is 0 Å². The predicted molar refractivity (Wildman–Crippen MR) is 132 cm³/mol. The second-order valence-corrected chi connectivity index (χ2v) is 9.51. The Hall–Kier alpha value is -1.85. The number of hydrogen-bond acceptors (Lipinski definition) is 7. The lowest BCUT2D eigenvalue weighted by atomic mass is 10.1. The molecule has 0 aromatic carbocycles. The molecular formula is C22H35IN5O5+. The Labute approximate surface area is 207 Å². The number of unbranched alkanes of at least 4 members (excludes halogenated alkanes) is 8. The molecule has 11 heteroatoms. The van der Waals surface area contributed by atoms with Crippen molar-refractivity contribution in [3.05, 3.63) is 32.6 Å². The molecule has 1 fully saturated rings. The summed E-state index contributed by atoms with van der Waals surface area (Å²) >= 11 is 2.42. The number of halogens is 1. The maximum Gasteiger partial charge on any atom is 0.330 e. The van der Waals surface area contributed by atoms with Crippen LogP contribution in [0.25, 0.3) is 0 Å². The summed E-state index contributed by atoms with van der Waals surface area (Å²) in [6, 6.07) is -0.517. The van der Waals surface area contributed by atoms with E-state index in [1.54, 1.807) is 6.92 Å². The van der Waals surface area contributed by atoms with E-state index in [0.717, 1.165) is 19.3 Å². The van der Waals surface area contributed by atoms with Crippen molar-refractivity contribution in [3.8, 4) is 0 Å². The average molecular weight is 576 g/mol. The molecule has 1 aliphatic heterocycles. The van der Waals surface area contributed by atoms with Gasteiger partial charge in [-0.1, -0.05) is 67.5 Å². The van der Waals surface area contributed by atoms with Crippen molar-refractivity contribution in [3.63, 3.8) is 0 Å². The first kappa shape index (κ1) is 27.4. The summed E-state index contributed by atoms with van der Waals surface area (Å²) in [6.45, 7) is 1.57. The summed E-state index contributed by atoms with van der Waals surface area (Å²) in [5.74, 6) is -0.292. The molecule has 0 bridgehead atoms. The average Bonchev–Trinajstić information content (AvgIpc) is 3.18. The Kier molecular flexibility index (Phi) is 12.6. The number of ether oxygens (including phenoxy) is 2. The molecule has 0 radical (unpaired) electrons. The Morgan fingerprint density at radius 3 is 2.48 bits per heavy atom. The van der Waals surface area contributed by atoms with E-state index in [-0.39, 0.29) is 19.0 Å². The molecule has 0 spiro atoms. The van der Waals surface area contributed by atoms with E-state index in [0.29, 0.717) is 12.0 Å². The molecule has 184 valence electrons. The zero-order valence-electron chi connectivity index (χ0n) is 19.3. The lowest BCUT2D eigenvalue weighted by Crippen LogP contribution is -2.33. The van der Waals surface area contributed by atoms with Gasteiger partial charge in [0.15, 0.2) is 6.04 Å². The number of esters is 1. The van der Waals surface area contributed by atoms with Gasteiger partial charge in [0, 0.05) is 24.6 Å². The van der Waals surface area contributed by atoms with Crippen LogP contribution in [0.2, 0.25) is 0 Å². The van der Waals surface area contributed by atoms with Crippen molar-refractivity contribution in [2.45, 2.75) is 95.9 Å². The van der Waals surface area contributed by atoms with E-state index < -0.39 is 29.6 Å². The second-order valence-electron chi connectivity index (χ2n) is 8.43. The van der Waals surface area contributed by atoms with Crippen molar-refractivity contribution in [2.75, 3.05) is 11.0 Å². The Morgan fingerprint density at radius 2 is 1.85 bits per heavy atom. The first-order chi connectivity index (χ1) is 16.0. The number of rotatable bonds is 15. The molecule has 2 heterocycles. The fourth-order valence-corrected chi connectivity index (χ4v) is 4.42. The summed E-state index contributed by atoms with van der Waals surface area (Å²) in [5.41, 5.74) is 6.37. The molecule has 0 saturated carbocycles. The van der Waals surface area contributed by atoms with E-state index in [1.807, 2.05) is 0 Å². The summed E-state index contributed by atoms with van der Waals surface area (Å²) < 4.78 is 13.8. The maximum atomic E-state index is 12.1. The number of nitrogens with one attached hydrogen (secondary N) is 2. The smallest absolute Gasteiger partial charge is 0.330 e. The second kappa shape index (κ2) is 15.1. The van der Waals surface area contributed by atoms with Gasteiger partial charge in [-0.05, 0) is 24.2 Å². The Balaban J connectivity index is 1.71. The van der Waals surface area contributed by atoms with E-state index in [9.17, 15) is 14.4 Å². The number of nitrogens with zero attached hydrogens (tertiary/aromatic N) is 3. The molecule has 10 nitrogen and oxygen atoms in total. The molecule has 1 aromatic heterocycles. The van der Waals surface area contributed by atoms with Gasteiger partial charge in [-0.3, -0.25) is 19.1 Å². The van der Waals surface area contributed by atoms with Crippen molar-refractivity contribution < 1.29 is 14.3 Å². The normalized spacial score (nSPS) is 19.9. The predicted octanol–water partition coefficient (Wildman–Crippen LogP) is 3.93. The molecule has 0 amide bonds. The lowest BCUT2D eigenvalue weighted by Gasteiger charge is -2.16. The standard InChI is InChI=1S/C22H34IN5O5/c1-16-14-28(22(31)25-21(16)30)19-13-17(26-27-24)18(33-19)15-32-20(29)11-9-7-5-3-2-4-6-8-10-12-23/h14,17-19,24H,2-13,15H2,1H3/p+1/t17-,18+,19+/m0/s1. The van der Waals surface area contributed by atoms with Gasteiger partial charge < -0.3 is 9.47 Å². The van der Waals surface area contributed by atoms with Gasteiger partial charge in [0.2, 0.25) is 4.91 Å². The third-order valence-electron chi connectivity index (χ3n) is 5.79. The summed E-state index contributed by atoms with van der Waals surface area (Å²) in [6.07, 6.45) is 11.4. The van der Waals surface area contributed by atoms with E-state index in [1.165, 1.54) is 53.7 Å². The van der Waals surface area contributed by atoms with E-state index in [2.05, 4.69) is 37.6 Å². The van der Waals surface area contributed by atoms with Crippen molar-refractivity contribution in [2.24, 2.45) is 5.11 Å². The Morgan fingerprint density at radius 1 is 1.21 bits per heavy atom. The zero-order chi connectivity index (χ0) is 24.1. The molecule has 2 rings (SSSR count). The molecule has 33 heavy (non-hydrogen) atoms. The number of aromatic amines is 1. The van der Waals surface area contributed by atoms with Crippen molar-refractivity contribution in [1.82, 2.24) is 14.5 Å². The minimum absolute atomic E-state index is 0.0205. The number of hydrogen-bond donors (Lipinski definition) is 2. The molecule has 3 atom stereocenters. The summed E-state index contributed by atoms with van der Waals surface area (Å²) in [5, 5.41) is 3.84. The van der Waals surface area contributed by atoms with Crippen molar-refractivity contribution >= 4 is 28.6 Å². The maximum absolute atomic E-state index is 12.1. The highest BCUT2D eigenvalue weighted by Gasteiger charge is 2.40. The van der Waals surface area contributed by atoms with Crippen LogP contribution in [0.15, 0.2) is 20.9 Å². The van der Waals surface area contributed by atoms with Gasteiger partial charge in [0.25, 0.3) is 5.56 Å². The molecule has 1 aliphatic rings. The first-order valence-electron chi connectivity index (χ1n) is 11.7. The number of carbonyl (C=O) groups excluding carboxylic acids is 1. The quantitative estimate of drug-likeness (QED) is 0.0813. The van der Waals surface area contributed by atoms with E-state index in [4.69, 9.17) is 15.0 Å². The van der Waals surface area contributed by atoms with Gasteiger partial charge in [-0.2, -0.15) is 0 Å². The molecule has 0 aliphatic carbocycles. The third kappa shape index (κ3) is 9.50. The fourth-order valence-electron chi connectivity index (χ4n) is 3.88. The molecular weight excluding hydrogens is 541 g/mol. The Bertz CT molecular complexity index is 911. The topological polar surface area (TPSA) is 141 Å². The van der Waals surface area contributed by atoms with Crippen LogP contribution in [0, 0.1) is 12.5 Å². The zero-order valence-corrected chi connectivity index (χ0v) is 21.4. The van der Waals surface area contributed by atoms with Gasteiger partial charge in [-0.25, -0.2) is 4.79 Å². The monoisotopic (exact) mass is 576 g/mol. The molecule has 0 unspecified atom stereocenters. The van der Waals surface area contributed by atoms with Gasteiger partial charge in [-0.15, -0.1) is 0 Å². The van der Waals surface area contributed by atoms with Gasteiger partial charge in [0.05, 0.1) is 0 Å². The minimum atomic E-state index is -0.686. The highest BCUT2D eigenvalue weighted by Crippen LogP contribution is 2.30. The summed E-state index contributed by atoms with van der Waals surface area (Å²) in [4.78, 5) is 41.2. The van der Waals surface area contributed by atoms with Crippen LogP contribution in [-0.4, -0.2) is 38.7 Å². The summed E-state index contributed by atoms with van der Waals surface area (Å²) in [7, 11) is 0. The van der Waals surface area contributed by atoms with Gasteiger partial charge >= 0.3 is 11.7 Å². The van der Waals surface area contributed by atoms with Crippen LogP contribution in [0.5, 0.6) is 0 Å². The highest BCUT2D eigenvalue weighted by molar-refractivity contribution is 14.1. The molecule has 1 saturated heterocycles. The van der Waals surface area contributed by atoms with Crippen LogP contribution in [0.4, 0.5) is 0 Å². The van der Waals surface area contributed by atoms with Crippen LogP contribution < -0.4 is 16.2 Å². The minimum Gasteiger partial charge on any atom is -0.463 e. The van der Waals surface area contributed by atoms with Crippen molar-refractivity contribution in [1.29, 1.82) is 5.53 Å². The third-order valence-corrected chi connectivity index (χ3v) is 6.55. The highest BCUT2D eigenvalue weighted by atomic mass is 127. The number of H-pyrrole nitrogens is 1. The molecule has 1 aromatic rings.